The molecule has 7 heteroatoms. The third-order valence-corrected chi connectivity index (χ3v) is 5.22. The maximum absolute atomic E-state index is 12.4. The van der Waals surface area contributed by atoms with Crippen LogP contribution in [0.4, 0.5) is 4.79 Å². The fraction of sp³-hybridized carbons (Fsp3) is 0.571. The molecule has 0 aliphatic carbocycles. The van der Waals surface area contributed by atoms with Gasteiger partial charge in [-0.15, -0.1) is 0 Å². The average Bonchev–Trinajstić information content (AvgIpc) is 2.92. The second-order valence-electron chi connectivity index (χ2n) is 7.49. The Morgan fingerprint density at radius 3 is 2.61 bits per heavy atom. The lowest BCUT2D eigenvalue weighted by Gasteiger charge is -2.20. The molecule has 1 aliphatic heterocycles. The number of benzene rings is 1. The zero-order chi connectivity index (χ0) is 20.6. The number of rotatable bonds is 9. The molecular formula is C21H33N5O2. The molecule has 1 aromatic rings. The lowest BCUT2D eigenvalue weighted by Crippen LogP contribution is -2.44. The first kappa shape index (κ1) is 21.7. The van der Waals surface area contributed by atoms with E-state index in [-0.39, 0.29) is 18.0 Å². The third kappa shape index (κ3) is 5.71. The quantitative estimate of drug-likeness (QED) is 0.263. The molecular weight excluding hydrogens is 354 g/mol. The van der Waals surface area contributed by atoms with Crippen molar-refractivity contribution < 1.29 is 9.59 Å². The van der Waals surface area contributed by atoms with E-state index in [0.717, 1.165) is 18.8 Å². The summed E-state index contributed by atoms with van der Waals surface area (Å²) in [6.07, 6.45) is 3.26. The number of carbonyl (C=O) groups excluding carboxylic acids is 2. The monoisotopic (exact) mass is 387 g/mol. The number of nitrogens with one attached hydrogen (secondary N) is 3. The van der Waals surface area contributed by atoms with E-state index in [9.17, 15) is 9.59 Å². The summed E-state index contributed by atoms with van der Waals surface area (Å²) in [5.74, 6) is 0.591. The molecule has 1 aliphatic rings. The summed E-state index contributed by atoms with van der Waals surface area (Å²) in [5, 5.41) is 9.42. The Balaban J connectivity index is 1.69. The second-order valence-corrected chi connectivity index (χ2v) is 7.49. The van der Waals surface area contributed by atoms with Gasteiger partial charge in [-0.1, -0.05) is 37.3 Å². The first-order chi connectivity index (χ1) is 13.4. The lowest BCUT2D eigenvalue weighted by molar-refractivity contribution is -0.130. The Bertz CT molecular complexity index is 691. The summed E-state index contributed by atoms with van der Waals surface area (Å²) in [5.41, 5.74) is 0.558. The van der Waals surface area contributed by atoms with Gasteiger partial charge < -0.3 is 16.0 Å². The van der Waals surface area contributed by atoms with Crippen LogP contribution in [0.1, 0.15) is 45.6 Å². The molecule has 3 amide bonds. The molecule has 2 rings (SSSR count). The van der Waals surface area contributed by atoms with Crippen molar-refractivity contribution in [3.8, 4) is 0 Å². The molecule has 1 saturated heterocycles. The van der Waals surface area contributed by atoms with Gasteiger partial charge in [0, 0.05) is 26.2 Å². The zero-order valence-corrected chi connectivity index (χ0v) is 17.4. The fourth-order valence-electron chi connectivity index (χ4n) is 3.16. The molecule has 1 heterocycles. The highest BCUT2D eigenvalue weighted by Crippen LogP contribution is 2.20. The van der Waals surface area contributed by atoms with Crippen LogP contribution in [-0.2, 0) is 11.2 Å². The molecule has 0 spiro atoms. The minimum absolute atomic E-state index is 0.142. The number of aryl methyl sites for hydroxylation is 1. The predicted octanol–water partition coefficient (Wildman–Crippen LogP) is 2.28. The van der Waals surface area contributed by atoms with Crippen molar-refractivity contribution in [2.45, 2.75) is 58.0 Å². The van der Waals surface area contributed by atoms with Crippen LogP contribution in [-0.4, -0.2) is 54.5 Å². The van der Waals surface area contributed by atoms with E-state index in [2.05, 4.69) is 52.1 Å². The van der Waals surface area contributed by atoms with Gasteiger partial charge >= 0.3 is 6.03 Å². The molecule has 1 fully saturated rings. The van der Waals surface area contributed by atoms with Gasteiger partial charge in [-0.25, -0.2) is 4.79 Å². The van der Waals surface area contributed by atoms with Gasteiger partial charge in [0.05, 0.1) is 0 Å². The molecule has 2 atom stereocenters. The number of hydrogen-bond donors (Lipinski definition) is 3. The fourth-order valence-corrected chi connectivity index (χ4v) is 3.16. The number of imide groups is 1. The van der Waals surface area contributed by atoms with E-state index in [0.29, 0.717) is 25.9 Å². The maximum Gasteiger partial charge on any atom is 0.325 e. The Labute approximate surface area is 168 Å². The average molecular weight is 388 g/mol. The van der Waals surface area contributed by atoms with Crippen molar-refractivity contribution in [2.24, 2.45) is 4.99 Å². The molecule has 1 aromatic carbocycles. The summed E-state index contributed by atoms with van der Waals surface area (Å²) < 4.78 is 0. The van der Waals surface area contributed by atoms with E-state index in [4.69, 9.17) is 0 Å². The molecule has 0 saturated carbocycles. The highest BCUT2D eigenvalue weighted by molar-refractivity contribution is 6.06. The normalized spacial score (nSPS) is 20.9. The van der Waals surface area contributed by atoms with Crippen molar-refractivity contribution in [3.05, 3.63) is 35.9 Å². The first-order valence-electron chi connectivity index (χ1n) is 10.0. The van der Waals surface area contributed by atoms with E-state index in [1.54, 1.807) is 14.0 Å². The number of aliphatic imine (C=N–C) groups is 1. The van der Waals surface area contributed by atoms with Gasteiger partial charge in [0.2, 0.25) is 0 Å². The van der Waals surface area contributed by atoms with Crippen LogP contribution in [0.2, 0.25) is 0 Å². The van der Waals surface area contributed by atoms with E-state index in [1.165, 1.54) is 10.5 Å². The lowest BCUT2D eigenvalue weighted by atomic mass is 9.99. The van der Waals surface area contributed by atoms with Crippen molar-refractivity contribution in [2.75, 3.05) is 20.1 Å². The molecule has 3 N–H and O–H groups in total. The van der Waals surface area contributed by atoms with Crippen molar-refractivity contribution >= 4 is 17.9 Å². The Kier molecular flexibility index (Phi) is 7.84. The number of carbonyl (C=O) groups is 2. The molecule has 0 aromatic heterocycles. The van der Waals surface area contributed by atoms with Gasteiger partial charge in [0.25, 0.3) is 5.91 Å². The molecule has 0 radical (unpaired) electrons. The zero-order valence-electron chi connectivity index (χ0n) is 17.4. The first-order valence-corrected chi connectivity index (χ1v) is 10.0. The molecule has 7 nitrogen and oxygen atoms in total. The summed E-state index contributed by atoms with van der Waals surface area (Å²) in [6.45, 7) is 6.83. The van der Waals surface area contributed by atoms with Crippen molar-refractivity contribution in [3.63, 3.8) is 0 Å². The molecule has 0 bridgehead atoms. The number of guanidine groups is 1. The molecule has 154 valence electrons. The Morgan fingerprint density at radius 2 is 2.00 bits per heavy atom. The minimum atomic E-state index is -0.768. The van der Waals surface area contributed by atoms with E-state index in [1.807, 2.05) is 13.0 Å². The number of urea groups is 1. The molecule has 2 unspecified atom stereocenters. The summed E-state index contributed by atoms with van der Waals surface area (Å²) in [4.78, 5) is 30.0. The van der Waals surface area contributed by atoms with Crippen LogP contribution in [0.3, 0.4) is 0 Å². The number of hydrogen-bond acceptors (Lipinski definition) is 3. The van der Waals surface area contributed by atoms with E-state index >= 15 is 0 Å². The van der Waals surface area contributed by atoms with Crippen LogP contribution >= 0.6 is 0 Å². The standard InChI is InChI=1S/C21H33N5O2/c1-5-21(3)18(27)26(20(28)25-21)15-9-14-23-19(22-4)24-16(2)12-13-17-10-7-6-8-11-17/h6-8,10-11,16H,5,9,12-15H2,1-4H3,(H,25,28)(H2,22,23,24). The van der Waals surface area contributed by atoms with Crippen LogP contribution in [0, 0.1) is 0 Å². The van der Waals surface area contributed by atoms with Gasteiger partial charge in [-0.2, -0.15) is 0 Å². The topological polar surface area (TPSA) is 85.8 Å². The highest BCUT2D eigenvalue weighted by Gasteiger charge is 2.45. The van der Waals surface area contributed by atoms with Gasteiger partial charge in [0.1, 0.15) is 5.54 Å². The van der Waals surface area contributed by atoms with Crippen LogP contribution in [0.15, 0.2) is 35.3 Å². The SMILES string of the molecule is CCC1(C)NC(=O)N(CCCNC(=NC)NC(C)CCc2ccccc2)C1=O. The summed E-state index contributed by atoms with van der Waals surface area (Å²) in [7, 11) is 1.74. The largest absolute Gasteiger partial charge is 0.356 e. The maximum atomic E-state index is 12.4. The molecule has 28 heavy (non-hydrogen) atoms. The minimum Gasteiger partial charge on any atom is -0.356 e. The third-order valence-electron chi connectivity index (χ3n) is 5.22. The summed E-state index contributed by atoms with van der Waals surface area (Å²) in [6, 6.07) is 10.4. The Morgan fingerprint density at radius 1 is 1.29 bits per heavy atom. The second kappa shape index (κ2) is 10.1. The van der Waals surface area contributed by atoms with Gasteiger partial charge in [-0.3, -0.25) is 14.7 Å². The van der Waals surface area contributed by atoms with Crippen molar-refractivity contribution in [1.29, 1.82) is 0 Å². The summed E-state index contributed by atoms with van der Waals surface area (Å²) >= 11 is 0. The van der Waals surface area contributed by atoms with Gasteiger partial charge in [0.15, 0.2) is 5.96 Å². The van der Waals surface area contributed by atoms with Gasteiger partial charge in [-0.05, 0) is 45.1 Å². The van der Waals surface area contributed by atoms with Crippen molar-refractivity contribution in [1.82, 2.24) is 20.9 Å². The van der Waals surface area contributed by atoms with E-state index < -0.39 is 5.54 Å². The Hall–Kier alpha value is -2.57. The number of nitrogens with zero attached hydrogens (tertiary/aromatic N) is 2. The number of amides is 3. The smallest absolute Gasteiger partial charge is 0.325 e. The van der Waals surface area contributed by atoms with Crippen LogP contribution in [0.25, 0.3) is 0 Å². The highest BCUT2D eigenvalue weighted by atomic mass is 16.2. The predicted molar refractivity (Wildman–Crippen MR) is 112 cm³/mol. The van der Waals surface area contributed by atoms with Crippen LogP contribution in [0.5, 0.6) is 0 Å². The van der Waals surface area contributed by atoms with Crippen LogP contribution < -0.4 is 16.0 Å².